The average Bonchev–Trinajstić information content (AvgIpc) is 2.68. The van der Waals surface area contributed by atoms with E-state index in [4.69, 9.17) is 10.5 Å². The molecule has 0 amide bonds. The third-order valence-electron chi connectivity index (χ3n) is 4.37. The molecule has 0 fully saturated rings. The molecular weight excluding hydrogens is 306 g/mol. The van der Waals surface area contributed by atoms with E-state index in [1.54, 1.807) is 0 Å². The number of nitrogens with two attached hydrogens (primary N) is 1. The standard InChI is InChI=1S/C23H19NO/c24-23-11-5-9-21-20(8-4-10-22(21)23)18-12-14-19(15-13-18)25-16-17-6-2-1-3-7-17/h1-15H,16,24H2. The van der Waals surface area contributed by atoms with Crippen LogP contribution in [0.15, 0.2) is 91.0 Å². The zero-order chi connectivity index (χ0) is 17.1. The highest BCUT2D eigenvalue weighted by Gasteiger charge is 2.06. The Morgan fingerprint density at radius 3 is 2.16 bits per heavy atom. The van der Waals surface area contributed by atoms with Gasteiger partial charge in [0.15, 0.2) is 0 Å². The molecular formula is C23H19NO. The fourth-order valence-corrected chi connectivity index (χ4v) is 3.06. The number of rotatable bonds is 4. The summed E-state index contributed by atoms with van der Waals surface area (Å²) in [4.78, 5) is 0. The quantitative estimate of drug-likeness (QED) is 0.491. The summed E-state index contributed by atoms with van der Waals surface area (Å²) in [5.74, 6) is 0.868. The lowest BCUT2D eigenvalue weighted by Crippen LogP contribution is -1.94. The van der Waals surface area contributed by atoms with Gasteiger partial charge in [-0.2, -0.15) is 0 Å². The van der Waals surface area contributed by atoms with E-state index in [2.05, 4.69) is 42.5 Å². The van der Waals surface area contributed by atoms with Crippen LogP contribution in [0.4, 0.5) is 5.69 Å². The van der Waals surface area contributed by atoms with Crippen LogP contribution in [0.5, 0.6) is 5.75 Å². The van der Waals surface area contributed by atoms with Crippen molar-refractivity contribution in [1.82, 2.24) is 0 Å². The molecule has 0 saturated heterocycles. The number of nitrogen functional groups attached to an aromatic ring is 1. The van der Waals surface area contributed by atoms with Gasteiger partial charge in [0.25, 0.3) is 0 Å². The van der Waals surface area contributed by atoms with Crippen molar-refractivity contribution in [3.63, 3.8) is 0 Å². The minimum Gasteiger partial charge on any atom is -0.489 e. The highest BCUT2D eigenvalue weighted by Crippen LogP contribution is 2.32. The van der Waals surface area contributed by atoms with Crippen LogP contribution in [0.3, 0.4) is 0 Å². The molecule has 122 valence electrons. The zero-order valence-electron chi connectivity index (χ0n) is 13.9. The topological polar surface area (TPSA) is 35.2 Å². The summed E-state index contributed by atoms with van der Waals surface area (Å²) in [5.41, 5.74) is 10.4. The van der Waals surface area contributed by atoms with E-state index in [-0.39, 0.29) is 0 Å². The first-order chi connectivity index (χ1) is 12.3. The minimum absolute atomic E-state index is 0.574. The minimum atomic E-state index is 0.574. The molecule has 0 saturated carbocycles. The third-order valence-corrected chi connectivity index (χ3v) is 4.37. The van der Waals surface area contributed by atoms with Crippen molar-refractivity contribution in [3.05, 3.63) is 96.6 Å². The molecule has 0 radical (unpaired) electrons. The van der Waals surface area contributed by atoms with Gasteiger partial charge < -0.3 is 10.5 Å². The summed E-state index contributed by atoms with van der Waals surface area (Å²) in [6.45, 7) is 0.574. The van der Waals surface area contributed by atoms with E-state index in [1.807, 2.05) is 48.5 Å². The second kappa shape index (κ2) is 6.70. The molecule has 2 N–H and O–H groups in total. The van der Waals surface area contributed by atoms with Crippen molar-refractivity contribution in [1.29, 1.82) is 0 Å². The Morgan fingerprint density at radius 2 is 1.36 bits per heavy atom. The first-order valence-corrected chi connectivity index (χ1v) is 8.36. The average molecular weight is 325 g/mol. The van der Waals surface area contributed by atoms with Gasteiger partial charge in [-0.25, -0.2) is 0 Å². The molecule has 25 heavy (non-hydrogen) atoms. The van der Waals surface area contributed by atoms with Gasteiger partial charge in [0.1, 0.15) is 12.4 Å². The SMILES string of the molecule is Nc1cccc2c(-c3ccc(OCc4ccccc4)cc3)cccc12. The lowest BCUT2D eigenvalue weighted by atomic mass is 9.97. The molecule has 0 spiro atoms. The van der Waals surface area contributed by atoms with Crippen molar-refractivity contribution < 1.29 is 4.74 Å². The van der Waals surface area contributed by atoms with Crippen molar-refractivity contribution in [3.8, 4) is 16.9 Å². The van der Waals surface area contributed by atoms with Crippen LogP contribution in [-0.4, -0.2) is 0 Å². The van der Waals surface area contributed by atoms with Gasteiger partial charge >= 0.3 is 0 Å². The van der Waals surface area contributed by atoms with Crippen molar-refractivity contribution >= 4 is 16.5 Å². The highest BCUT2D eigenvalue weighted by molar-refractivity contribution is 6.02. The number of hydrogen-bond donors (Lipinski definition) is 1. The molecule has 2 heteroatoms. The second-order valence-corrected chi connectivity index (χ2v) is 6.05. The molecule has 0 unspecified atom stereocenters. The van der Waals surface area contributed by atoms with Crippen LogP contribution < -0.4 is 10.5 Å². The molecule has 0 aliphatic carbocycles. The maximum absolute atomic E-state index is 6.10. The molecule has 4 rings (SSSR count). The lowest BCUT2D eigenvalue weighted by Gasteiger charge is -2.10. The fraction of sp³-hybridized carbons (Fsp3) is 0.0435. The Morgan fingerprint density at radius 1 is 0.640 bits per heavy atom. The Labute approximate surface area is 147 Å². The van der Waals surface area contributed by atoms with Gasteiger partial charge in [-0.05, 0) is 40.3 Å². The summed E-state index contributed by atoms with van der Waals surface area (Å²) < 4.78 is 5.87. The first kappa shape index (κ1) is 15.3. The van der Waals surface area contributed by atoms with E-state index in [0.717, 1.165) is 28.0 Å². The molecule has 0 aliphatic rings. The van der Waals surface area contributed by atoms with Crippen LogP contribution in [0.1, 0.15) is 5.56 Å². The van der Waals surface area contributed by atoms with E-state index >= 15 is 0 Å². The highest BCUT2D eigenvalue weighted by atomic mass is 16.5. The number of ether oxygens (including phenoxy) is 1. The molecule has 4 aromatic rings. The Hall–Kier alpha value is -3.26. The molecule has 0 atom stereocenters. The van der Waals surface area contributed by atoms with Crippen LogP contribution in [0.25, 0.3) is 21.9 Å². The van der Waals surface area contributed by atoms with Crippen LogP contribution in [0, 0.1) is 0 Å². The first-order valence-electron chi connectivity index (χ1n) is 8.36. The summed E-state index contributed by atoms with van der Waals surface area (Å²) >= 11 is 0. The Bertz CT molecular complexity index is 991. The smallest absolute Gasteiger partial charge is 0.119 e. The van der Waals surface area contributed by atoms with Gasteiger partial charge in [-0.3, -0.25) is 0 Å². The van der Waals surface area contributed by atoms with E-state index in [1.165, 1.54) is 10.9 Å². The van der Waals surface area contributed by atoms with Gasteiger partial charge in [0, 0.05) is 11.1 Å². The summed E-state index contributed by atoms with van der Waals surface area (Å²) in [6, 6.07) is 30.7. The van der Waals surface area contributed by atoms with Gasteiger partial charge in [0.05, 0.1) is 0 Å². The number of fused-ring (bicyclic) bond motifs is 1. The van der Waals surface area contributed by atoms with E-state index < -0.39 is 0 Å². The summed E-state index contributed by atoms with van der Waals surface area (Å²) in [7, 11) is 0. The predicted molar refractivity (Wildman–Crippen MR) is 105 cm³/mol. The third kappa shape index (κ3) is 3.20. The maximum Gasteiger partial charge on any atom is 0.119 e. The van der Waals surface area contributed by atoms with Crippen LogP contribution in [-0.2, 0) is 6.61 Å². The lowest BCUT2D eigenvalue weighted by molar-refractivity contribution is 0.306. The van der Waals surface area contributed by atoms with Gasteiger partial charge in [-0.15, -0.1) is 0 Å². The molecule has 4 aromatic carbocycles. The van der Waals surface area contributed by atoms with Crippen LogP contribution in [0.2, 0.25) is 0 Å². The molecule has 0 heterocycles. The normalized spacial score (nSPS) is 10.7. The monoisotopic (exact) mass is 325 g/mol. The van der Waals surface area contributed by atoms with Gasteiger partial charge in [-0.1, -0.05) is 72.8 Å². The summed E-state index contributed by atoms with van der Waals surface area (Å²) in [6.07, 6.45) is 0. The largest absolute Gasteiger partial charge is 0.489 e. The fourth-order valence-electron chi connectivity index (χ4n) is 3.06. The maximum atomic E-state index is 6.10. The second-order valence-electron chi connectivity index (χ2n) is 6.05. The van der Waals surface area contributed by atoms with Crippen molar-refractivity contribution in [2.24, 2.45) is 0 Å². The number of anilines is 1. The molecule has 0 aliphatic heterocycles. The summed E-state index contributed by atoms with van der Waals surface area (Å²) in [5, 5.41) is 2.25. The van der Waals surface area contributed by atoms with E-state index in [0.29, 0.717) is 6.61 Å². The molecule has 0 aromatic heterocycles. The van der Waals surface area contributed by atoms with Crippen molar-refractivity contribution in [2.75, 3.05) is 5.73 Å². The number of hydrogen-bond acceptors (Lipinski definition) is 2. The van der Waals surface area contributed by atoms with Crippen molar-refractivity contribution in [2.45, 2.75) is 6.61 Å². The van der Waals surface area contributed by atoms with E-state index in [9.17, 15) is 0 Å². The Balaban J connectivity index is 1.59. The predicted octanol–water partition coefficient (Wildman–Crippen LogP) is 5.67. The van der Waals surface area contributed by atoms with Gasteiger partial charge in [0.2, 0.25) is 0 Å². The van der Waals surface area contributed by atoms with Crippen LogP contribution >= 0.6 is 0 Å². The molecule has 2 nitrogen and oxygen atoms in total. The number of benzene rings is 4. The Kier molecular flexibility index (Phi) is 4.09. The zero-order valence-corrected chi connectivity index (χ0v) is 13.9. The molecule has 0 bridgehead atoms.